The molecule has 5 nitrogen and oxygen atoms in total. The van der Waals surface area contributed by atoms with E-state index in [1.165, 1.54) is 0 Å². The van der Waals surface area contributed by atoms with Gasteiger partial charge < -0.3 is 14.6 Å². The summed E-state index contributed by atoms with van der Waals surface area (Å²) >= 11 is 0. The van der Waals surface area contributed by atoms with E-state index < -0.39 is 5.97 Å². The third-order valence-corrected chi connectivity index (χ3v) is 3.33. The zero-order valence-corrected chi connectivity index (χ0v) is 9.96. The quantitative estimate of drug-likeness (QED) is 0.852. The van der Waals surface area contributed by atoms with Crippen LogP contribution in [0.2, 0.25) is 0 Å². The van der Waals surface area contributed by atoms with E-state index in [0.29, 0.717) is 6.42 Å². The summed E-state index contributed by atoms with van der Waals surface area (Å²) in [6.45, 7) is 0. The molecule has 1 aromatic heterocycles. The Morgan fingerprint density at radius 3 is 2.76 bits per heavy atom. The van der Waals surface area contributed by atoms with Gasteiger partial charge in [-0.1, -0.05) is 0 Å². The van der Waals surface area contributed by atoms with Gasteiger partial charge in [-0.05, 0) is 11.6 Å². The fourth-order valence-electron chi connectivity index (χ4n) is 2.55. The predicted octanol–water partition coefficient (Wildman–Crippen LogP) is 1.02. The van der Waals surface area contributed by atoms with Crippen molar-refractivity contribution in [1.29, 1.82) is 0 Å². The van der Waals surface area contributed by atoms with Crippen molar-refractivity contribution in [2.45, 2.75) is 18.9 Å². The Balaban J connectivity index is 2.27. The maximum Gasteiger partial charge on any atom is 0.303 e. The van der Waals surface area contributed by atoms with Crippen LogP contribution < -0.4 is 0 Å². The number of carboxylic acid groups (broad SMARTS) is 1. The van der Waals surface area contributed by atoms with E-state index in [1.54, 1.807) is 11.9 Å². The Labute approximate surface area is 99.6 Å². The number of nitrogens with zero attached hydrogens (tertiary/aromatic N) is 2. The van der Waals surface area contributed by atoms with Crippen molar-refractivity contribution < 1.29 is 14.7 Å². The van der Waals surface area contributed by atoms with Crippen molar-refractivity contribution in [2.75, 3.05) is 7.05 Å². The first-order chi connectivity index (χ1) is 7.99. The van der Waals surface area contributed by atoms with Gasteiger partial charge in [-0.25, -0.2) is 0 Å². The molecular weight excluding hydrogens is 220 g/mol. The Bertz CT molecular complexity index is 450. The second-order valence-corrected chi connectivity index (χ2v) is 4.62. The zero-order chi connectivity index (χ0) is 12.6. The molecular formula is C12H16N2O3. The molecule has 1 aliphatic heterocycles. The number of aromatic nitrogens is 1. The minimum atomic E-state index is -0.848. The van der Waals surface area contributed by atoms with Gasteiger partial charge in [-0.2, -0.15) is 0 Å². The lowest BCUT2D eigenvalue weighted by Gasteiger charge is -2.23. The van der Waals surface area contributed by atoms with Crippen molar-refractivity contribution in [1.82, 2.24) is 9.47 Å². The molecule has 2 atom stereocenters. The molecule has 92 valence electrons. The number of hydrogen-bond donors (Lipinski definition) is 1. The van der Waals surface area contributed by atoms with Gasteiger partial charge in [0.15, 0.2) is 0 Å². The van der Waals surface area contributed by atoms with Gasteiger partial charge in [0.2, 0.25) is 5.91 Å². The Kier molecular flexibility index (Phi) is 2.92. The van der Waals surface area contributed by atoms with Gasteiger partial charge in [0.1, 0.15) is 0 Å². The van der Waals surface area contributed by atoms with Gasteiger partial charge in [-0.15, -0.1) is 0 Å². The summed E-state index contributed by atoms with van der Waals surface area (Å²) in [6, 6.07) is 1.83. The van der Waals surface area contributed by atoms with Crippen LogP contribution in [0.3, 0.4) is 0 Å². The van der Waals surface area contributed by atoms with Crippen LogP contribution in [0.15, 0.2) is 18.5 Å². The van der Waals surface area contributed by atoms with Crippen LogP contribution >= 0.6 is 0 Å². The van der Waals surface area contributed by atoms with E-state index in [4.69, 9.17) is 5.11 Å². The van der Waals surface area contributed by atoms with Crippen LogP contribution in [0.1, 0.15) is 24.4 Å². The lowest BCUT2D eigenvalue weighted by Crippen LogP contribution is -2.24. The maximum absolute atomic E-state index is 11.7. The third-order valence-electron chi connectivity index (χ3n) is 3.33. The van der Waals surface area contributed by atoms with Gasteiger partial charge in [0, 0.05) is 38.8 Å². The molecule has 0 radical (unpaired) electrons. The van der Waals surface area contributed by atoms with Crippen LogP contribution in [0.5, 0.6) is 0 Å². The molecule has 1 fully saturated rings. The number of hydrogen-bond acceptors (Lipinski definition) is 2. The average molecular weight is 236 g/mol. The van der Waals surface area contributed by atoms with Gasteiger partial charge in [-0.3, -0.25) is 9.59 Å². The fraction of sp³-hybridized carbons (Fsp3) is 0.500. The molecule has 0 saturated carbocycles. The third kappa shape index (κ3) is 2.18. The number of rotatable bonds is 3. The minimum Gasteiger partial charge on any atom is -0.481 e. The molecule has 2 rings (SSSR count). The molecule has 0 unspecified atom stereocenters. The summed E-state index contributed by atoms with van der Waals surface area (Å²) in [5, 5.41) is 8.88. The van der Waals surface area contributed by atoms with E-state index in [1.807, 2.05) is 30.1 Å². The number of aliphatic carboxylic acids is 1. The van der Waals surface area contributed by atoms with Crippen molar-refractivity contribution in [3.05, 3.63) is 24.0 Å². The van der Waals surface area contributed by atoms with Crippen molar-refractivity contribution >= 4 is 11.9 Å². The van der Waals surface area contributed by atoms with Gasteiger partial charge >= 0.3 is 5.97 Å². The summed E-state index contributed by atoms with van der Waals surface area (Å²) in [5.41, 5.74) is 1.01. The van der Waals surface area contributed by atoms with E-state index >= 15 is 0 Å². The molecule has 1 N–H and O–H groups in total. The number of carbonyl (C=O) groups excluding carboxylic acids is 1. The number of carbonyl (C=O) groups is 2. The van der Waals surface area contributed by atoms with Crippen LogP contribution in [0.25, 0.3) is 0 Å². The van der Waals surface area contributed by atoms with E-state index in [0.717, 1.165) is 5.56 Å². The number of aryl methyl sites for hydroxylation is 1. The fourth-order valence-corrected chi connectivity index (χ4v) is 2.55. The molecule has 1 aromatic rings. The molecule has 1 amide bonds. The number of amides is 1. The summed E-state index contributed by atoms with van der Waals surface area (Å²) in [4.78, 5) is 24.2. The van der Waals surface area contributed by atoms with E-state index in [9.17, 15) is 9.59 Å². The van der Waals surface area contributed by atoms with Gasteiger partial charge in [0.05, 0.1) is 12.5 Å². The first kappa shape index (κ1) is 11.7. The summed E-state index contributed by atoms with van der Waals surface area (Å²) in [7, 11) is 3.65. The van der Waals surface area contributed by atoms with Gasteiger partial charge in [0.25, 0.3) is 0 Å². The Morgan fingerprint density at radius 1 is 1.53 bits per heavy atom. The van der Waals surface area contributed by atoms with Crippen molar-refractivity contribution in [2.24, 2.45) is 13.0 Å². The lowest BCUT2D eigenvalue weighted by atomic mass is 9.92. The topological polar surface area (TPSA) is 62.5 Å². The Morgan fingerprint density at radius 2 is 2.24 bits per heavy atom. The second-order valence-electron chi connectivity index (χ2n) is 4.62. The van der Waals surface area contributed by atoms with Crippen molar-refractivity contribution in [3.8, 4) is 0 Å². The van der Waals surface area contributed by atoms with Crippen LogP contribution in [-0.2, 0) is 16.6 Å². The van der Waals surface area contributed by atoms with Crippen LogP contribution in [0, 0.1) is 5.92 Å². The Hall–Kier alpha value is -1.78. The van der Waals surface area contributed by atoms with E-state index in [2.05, 4.69) is 0 Å². The highest BCUT2D eigenvalue weighted by atomic mass is 16.4. The van der Waals surface area contributed by atoms with E-state index in [-0.39, 0.29) is 24.3 Å². The lowest BCUT2D eigenvalue weighted by molar-refractivity contribution is -0.138. The molecule has 0 aromatic carbocycles. The first-order valence-corrected chi connectivity index (χ1v) is 5.58. The highest BCUT2D eigenvalue weighted by Gasteiger charge is 2.39. The smallest absolute Gasteiger partial charge is 0.303 e. The molecule has 0 bridgehead atoms. The predicted molar refractivity (Wildman–Crippen MR) is 61.3 cm³/mol. The SMILES string of the molecule is CN1C(=O)C[C@H](CC(=O)O)[C@H]1c1ccn(C)c1. The standard InChI is InChI=1S/C12H16N2O3/c1-13-4-3-8(7-13)12-9(6-11(16)17)5-10(15)14(12)2/h3-4,7,9,12H,5-6H2,1-2H3,(H,16,17)/t9-,12-/m1/s1. The maximum atomic E-state index is 11.7. The monoisotopic (exact) mass is 236 g/mol. The number of likely N-dealkylation sites (tertiary alicyclic amines) is 1. The minimum absolute atomic E-state index is 0.0186. The molecule has 1 saturated heterocycles. The number of carboxylic acids is 1. The molecule has 0 spiro atoms. The summed E-state index contributed by atoms with van der Waals surface area (Å²) in [6.07, 6.45) is 4.20. The molecule has 0 aliphatic carbocycles. The zero-order valence-electron chi connectivity index (χ0n) is 9.96. The highest BCUT2D eigenvalue weighted by molar-refractivity contribution is 5.80. The average Bonchev–Trinajstić information content (AvgIpc) is 2.73. The highest BCUT2D eigenvalue weighted by Crippen LogP contribution is 2.38. The molecule has 5 heteroatoms. The first-order valence-electron chi connectivity index (χ1n) is 5.58. The van der Waals surface area contributed by atoms with Crippen LogP contribution in [-0.4, -0.2) is 33.5 Å². The molecule has 1 aliphatic rings. The second kappa shape index (κ2) is 4.24. The van der Waals surface area contributed by atoms with Crippen molar-refractivity contribution in [3.63, 3.8) is 0 Å². The largest absolute Gasteiger partial charge is 0.481 e. The summed E-state index contributed by atoms with van der Waals surface area (Å²) in [5.74, 6) is -0.962. The molecule has 2 heterocycles. The summed E-state index contributed by atoms with van der Waals surface area (Å²) < 4.78 is 1.91. The normalized spacial score (nSPS) is 24.4. The molecule has 17 heavy (non-hydrogen) atoms. The van der Waals surface area contributed by atoms with Crippen LogP contribution in [0.4, 0.5) is 0 Å².